The van der Waals surface area contributed by atoms with E-state index in [1.807, 2.05) is 4.90 Å². The van der Waals surface area contributed by atoms with E-state index in [0.717, 1.165) is 0 Å². The summed E-state index contributed by atoms with van der Waals surface area (Å²) >= 11 is 0. The third-order valence-corrected chi connectivity index (χ3v) is 4.05. The average Bonchev–Trinajstić information content (AvgIpc) is 2.48. The standard InChI is InChI=1S/C13H23N3O4.ClH/c1-19-11(17)10-15-4-6-16(7-5-15)12(18)13(14)2-8-20-9-3-13;/h2-10,14H2,1H3;1H. The third-order valence-electron chi connectivity index (χ3n) is 4.05. The number of hydrogen-bond donors (Lipinski definition) is 1. The van der Waals surface area contributed by atoms with E-state index in [9.17, 15) is 9.59 Å². The van der Waals surface area contributed by atoms with E-state index in [-0.39, 0.29) is 30.8 Å². The van der Waals surface area contributed by atoms with Crippen molar-refractivity contribution in [3.05, 3.63) is 0 Å². The number of carbonyl (C=O) groups is 2. The number of methoxy groups -OCH3 is 1. The van der Waals surface area contributed by atoms with Gasteiger partial charge in [0.25, 0.3) is 0 Å². The molecule has 0 aromatic rings. The molecule has 8 heteroatoms. The van der Waals surface area contributed by atoms with Gasteiger partial charge in [-0.15, -0.1) is 12.4 Å². The van der Waals surface area contributed by atoms with Gasteiger partial charge in [0.1, 0.15) is 0 Å². The lowest BCUT2D eigenvalue weighted by Gasteiger charge is -2.40. The van der Waals surface area contributed by atoms with E-state index in [1.54, 1.807) is 4.90 Å². The Labute approximate surface area is 131 Å². The molecular weight excluding hydrogens is 298 g/mol. The van der Waals surface area contributed by atoms with Gasteiger partial charge in [-0.1, -0.05) is 0 Å². The van der Waals surface area contributed by atoms with Crippen molar-refractivity contribution in [2.24, 2.45) is 5.73 Å². The normalized spacial score (nSPS) is 22.3. The fourth-order valence-electron chi connectivity index (χ4n) is 2.62. The number of ether oxygens (including phenoxy) is 2. The molecule has 2 heterocycles. The van der Waals surface area contributed by atoms with Gasteiger partial charge in [0.15, 0.2) is 0 Å². The first kappa shape index (κ1) is 18.2. The molecule has 2 rings (SSSR count). The van der Waals surface area contributed by atoms with Gasteiger partial charge in [-0.25, -0.2) is 0 Å². The van der Waals surface area contributed by atoms with E-state index in [4.69, 9.17) is 10.5 Å². The van der Waals surface area contributed by atoms with E-state index in [1.165, 1.54) is 7.11 Å². The zero-order valence-electron chi connectivity index (χ0n) is 12.4. The predicted molar refractivity (Wildman–Crippen MR) is 79.3 cm³/mol. The molecule has 0 unspecified atom stereocenters. The molecule has 0 saturated carbocycles. The maximum atomic E-state index is 12.5. The van der Waals surface area contributed by atoms with Crippen molar-refractivity contribution in [1.82, 2.24) is 9.80 Å². The highest BCUT2D eigenvalue weighted by atomic mass is 35.5. The lowest BCUT2D eigenvalue weighted by Crippen LogP contribution is -2.61. The largest absolute Gasteiger partial charge is 0.468 e. The van der Waals surface area contributed by atoms with Crippen molar-refractivity contribution >= 4 is 24.3 Å². The maximum Gasteiger partial charge on any atom is 0.319 e. The molecule has 2 saturated heterocycles. The van der Waals surface area contributed by atoms with E-state index in [2.05, 4.69) is 4.74 Å². The van der Waals surface area contributed by atoms with Crippen LogP contribution in [0.1, 0.15) is 12.8 Å². The molecule has 2 N–H and O–H groups in total. The summed E-state index contributed by atoms with van der Waals surface area (Å²) in [5.74, 6) is -0.233. The summed E-state index contributed by atoms with van der Waals surface area (Å²) in [6.07, 6.45) is 1.16. The van der Waals surface area contributed by atoms with E-state index < -0.39 is 5.54 Å². The van der Waals surface area contributed by atoms with Crippen molar-refractivity contribution in [3.8, 4) is 0 Å². The summed E-state index contributed by atoms with van der Waals surface area (Å²) in [5.41, 5.74) is 5.44. The minimum absolute atomic E-state index is 0. The van der Waals surface area contributed by atoms with Crippen molar-refractivity contribution in [1.29, 1.82) is 0 Å². The van der Waals surface area contributed by atoms with Crippen molar-refractivity contribution < 1.29 is 19.1 Å². The smallest absolute Gasteiger partial charge is 0.319 e. The number of piperazine rings is 1. The zero-order valence-corrected chi connectivity index (χ0v) is 13.2. The molecule has 2 fully saturated rings. The first-order valence-electron chi connectivity index (χ1n) is 7.00. The Bertz CT molecular complexity index is 366. The summed E-state index contributed by atoms with van der Waals surface area (Å²) in [6.45, 7) is 3.93. The molecule has 0 atom stereocenters. The van der Waals surface area contributed by atoms with Crippen LogP contribution < -0.4 is 5.73 Å². The maximum absolute atomic E-state index is 12.5. The van der Waals surface area contributed by atoms with Crippen LogP contribution >= 0.6 is 12.4 Å². The Morgan fingerprint density at radius 1 is 1.19 bits per heavy atom. The number of esters is 1. The average molecular weight is 322 g/mol. The lowest BCUT2D eigenvalue weighted by molar-refractivity contribution is -0.144. The highest BCUT2D eigenvalue weighted by Gasteiger charge is 2.39. The molecule has 0 radical (unpaired) electrons. The lowest BCUT2D eigenvalue weighted by atomic mass is 9.89. The van der Waals surface area contributed by atoms with Crippen molar-refractivity contribution in [3.63, 3.8) is 0 Å². The molecule has 0 aliphatic carbocycles. The number of amides is 1. The number of rotatable bonds is 3. The molecule has 122 valence electrons. The molecule has 0 bridgehead atoms. The minimum Gasteiger partial charge on any atom is -0.468 e. The Morgan fingerprint density at radius 3 is 2.29 bits per heavy atom. The number of hydrogen-bond acceptors (Lipinski definition) is 6. The van der Waals surface area contributed by atoms with Gasteiger partial charge in [0.2, 0.25) is 5.91 Å². The number of nitrogens with two attached hydrogens (primary N) is 1. The first-order chi connectivity index (χ1) is 9.55. The van der Waals surface area contributed by atoms with Gasteiger partial charge >= 0.3 is 5.97 Å². The summed E-state index contributed by atoms with van der Waals surface area (Å²) < 4.78 is 9.91. The summed E-state index contributed by atoms with van der Waals surface area (Å²) in [7, 11) is 1.38. The quantitative estimate of drug-likeness (QED) is 0.687. The highest BCUT2D eigenvalue weighted by Crippen LogP contribution is 2.21. The van der Waals surface area contributed by atoms with Crippen LogP contribution in [0.4, 0.5) is 0 Å². The molecule has 7 nitrogen and oxygen atoms in total. The molecule has 0 aromatic carbocycles. The number of carbonyl (C=O) groups excluding carboxylic acids is 2. The fraction of sp³-hybridized carbons (Fsp3) is 0.846. The van der Waals surface area contributed by atoms with Crippen LogP contribution in [0.5, 0.6) is 0 Å². The molecule has 0 aromatic heterocycles. The topological polar surface area (TPSA) is 85.1 Å². The van der Waals surface area contributed by atoms with Crippen molar-refractivity contribution in [2.45, 2.75) is 18.4 Å². The Balaban J connectivity index is 0.00000220. The third kappa shape index (κ3) is 4.54. The molecule has 0 spiro atoms. The van der Waals surface area contributed by atoms with E-state index >= 15 is 0 Å². The molecule has 21 heavy (non-hydrogen) atoms. The Morgan fingerprint density at radius 2 is 1.76 bits per heavy atom. The van der Waals surface area contributed by atoms with Crippen LogP contribution in [0.15, 0.2) is 0 Å². The predicted octanol–water partition coefficient (Wildman–Crippen LogP) is -0.767. The van der Waals surface area contributed by atoms with Gasteiger partial charge in [-0.2, -0.15) is 0 Å². The Kier molecular flexibility index (Phi) is 6.86. The molecule has 2 aliphatic rings. The molecular formula is C13H24ClN3O4. The van der Waals surface area contributed by atoms with Crippen LogP contribution in [0.3, 0.4) is 0 Å². The SMILES string of the molecule is COC(=O)CN1CCN(C(=O)C2(N)CCOCC2)CC1.Cl. The van der Waals surface area contributed by atoms with Gasteiger partial charge in [0.05, 0.1) is 19.2 Å². The second kappa shape index (κ2) is 7.93. The van der Waals surface area contributed by atoms with Crippen LogP contribution in [0.25, 0.3) is 0 Å². The molecule has 2 aliphatic heterocycles. The van der Waals surface area contributed by atoms with E-state index in [0.29, 0.717) is 52.2 Å². The van der Waals surface area contributed by atoms with Gasteiger partial charge < -0.3 is 20.1 Å². The summed E-state index contributed by atoms with van der Waals surface area (Å²) in [6, 6.07) is 0. The van der Waals surface area contributed by atoms with Crippen molar-refractivity contribution in [2.75, 3.05) is 53.0 Å². The highest BCUT2D eigenvalue weighted by molar-refractivity contribution is 5.86. The minimum atomic E-state index is -0.775. The molecule has 1 amide bonds. The van der Waals surface area contributed by atoms with Crippen LogP contribution in [-0.4, -0.2) is 80.3 Å². The summed E-state index contributed by atoms with van der Waals surface area (Å²) in [5, 5.41) is 0. The Hall–Kier alpha value is -0.890. The zero-order chi connectivity index (χ0) is 14.6. The van der Waals surface area contributed by atoms with Gasteiger partial charge in [-0.05, 0) is 12.8 Å². The first-order valence-corrected chi connectivity index (χ1v) is 7.00. The summed E-state index contributed by atoms with van der Waals surface area (Å²) in [4.78, 5) is 27.5. The monoisotopic (exact) mass is 321 g/mol. The van der Waals surface area contributed by atoms with Crippen LogP contribution in [-0.2, 0) is 19.1 Å². The fourth-order valence-corrected chi connectivity index (χ4v) is 2.62. The van der Waals surface area contributed by atoms with Crippen LogP contribution in [0.2, 0.25) is 0 Å². The second-order valence-corrected chi connectivity index (χ2v) is 5.41. The second-order valence-electron chi connectivity index (χ2n) is 5.41. The van der Waals surface area contributed by atoms with Crippen LogP contribution in [0, 0.1) is 0 Å². The van der Waals surface area contributed by atoms with Gasteiger partial charge in [-0.3, -0.25) is 14.5 Å². The number of nitrogens with zero attached hydrogens (tertiary/aromatic N) is 2. The number of halogens is 1. The van der Waals surface area contributed by atoms with Gasteiger partial charge in [0, 0.05) is 39.4 Å².